The molecule has 0 aromatic heterocycles. The SMILES string of the molecule is CC(C)c1ccc(C2=C(C#N)CN3CCS(=O)C3=N2)cc1. The van der Waals surface area contributed by atoms with E-state index in [0.717, 1.165) is 12.1 Å². The van der Waals surface area contributed by atoms with Crippen molar-refractivity contribution in [2.24, 2.45) is 4.99 Å². The smallest absolute Gasteiger partial charge is 0.195 e. The van der Waals surface area contributed by atoms with Gasteiger partial charge in [-0.3, -0.25) is 4.21 Å². The molecule has 3 rings (SSSR count). The molecule has 2 heterocycles. The fraction of sp³-hybridized carbons (Fsp3) is 0.375. The highest BCUT2D eigenvalue weighted by molar-refractivity contribution is 8.00. The van der Waals surface area contributed by atoms with Gasteiger partial charge < -0.3 is 4.90 Å². The predicted molar refractivity (Wildman–Crippen MR) is 85.1 cm³/mol. The third kappa shape index (κ3) is 2.52. The molecule has 2 aliphatic rings. The number of hydrogen-bond acceptors (Lipinski definition) is 4. The van der Waals surface area contributed by atoms with Crippen molar-refractivity contribution in [2.75, 3.05) is 18.8 Å². The highest BCUT2D eigenvalue weighted by atomic mass is 32.2. The summed E-state index contributed by atoms with van der Waals surface area (Å²) in [7, 11) is -1.03. The Kier molecular flexibility index (Phi) is 3.64. The first kappa shape index (κ1) is 14.0. The van der Waals surface area contributed by atoms with Gasteiger partial charge in [-0.05, 0) is 11.5 Å². The number of rotatable bonds is 2. The lowest BCUT2D eigenvalue weighted by Gasteiger charge is -2.23. The van der Waals surface area contributed by atoms with Crippen molar-refractivity contribution < 1.29 is 4.21 Å². The van der Waals surface area contributed by atoms with Gasteiger partial charge in [-0.1, -0.05) is 38.1 Å². The van der Waals surface area contributed by atoms with Crippen molar-refractivity contribution in [3.05, 3.63) is 41.0 Å². The molecule has 0 aliphatic carbocycles. The molecule has 1 atom stereocenters. The molecule has 108 valence electrons. The average molecular weight is 299 g/mol. The lowest BCUT2D eigenvalue weighted by molar-refractivity contribution is 0.501. The Bertz CT molecular complexity index is 695. The molecule has 0 amide bonds. The maximum absolute atomic E-state index is 12.0. The minimum atomic E-state index is -1.03. The van der Waals surface area contributed by atoms with Crippen molar-refractivity contribution in [1.82, 2.24) is 4.90 Å². The van der Waals surface area contributed by atoms with Gasteiger partial charge in [0.05, 0.1) is 34.7 Å². The van der Waals surface area contributed by atoms with E-state index in [1.165, 1.54) is 5.56 Å². The zero-order valence-corrected chi connectivity index (χ0v) is 13.0. The number of hydrogen-bond donors (Lipinski definition) is 0. The molecule has 0 N–H and O–H groups in total. The van der Waals surface area contributed by atoms with E-state index >= 15 is 0 Å². The van der Waals surface area contributed by atoms with Crippen LogP contribution < -0.4 is 0 Å². The van der Waals surface area contributed by atoms with Crippen LogP contribution in [-0.2, 0) is 10.8 Å². The number of fused-ring (bicyclic) bond motifs is 1. The second-order valence-corrected chi connectivity index (χ2v) is 7.05. The van der Waals surface area contributed by atoms with Crippen LogP contribution in [0.3, 0.4) is 0 Å². The van der Waals surface area contributed by atoms with Crippen molar-refractivity contribution in [2.45, 2.75) is 19.8 Å². The van der Waals surface area contributed by atoms with Crippen LogP contribution >= 0.6 is 0 Å². The van der Waals surface area contributed by atoms with E-state index in [-0.39, 0.29) is 0 Å². The monoisotopic (exact) mass is 299 g/mol. The average Bonchev–Trinajstić information content (AvgIpc) is 2.86. The second-order valence-electron chi connectivity index (χ2n) is 5.58. The third-order valence-corrected chi connectivity index (χ3v) is 5.16. The van der Waals surface area contributed by atoms with E-state index in [1.807, 2.05) is 17.0 Å². The van der Waals surface area contributed by atoms with Gasteiger partial charge in [-0.2, -0.15) is 5.26 Å². The molecule has 1 fully saturated rings. The molecule has 1 unspecified atom stereocenters. The molecule has 1 aromatic rings. The summed E-state index contributed by atoms with van der Waals surface area (Å²) < 4.78 is 12.0. The van der Waals surface area contributed by atoms with Crippen molar-refractivity contribution in [3.63, 3.8) is 0 Å². The summed E-state index contributed by atoms with van der Waals surface area (Å²) in [4.78, 5) is 6.47. The van der Waals surface area contributed by atoms with Gasteiger partial charge in [0.2, 0.25) is 0 Å². The Labute approximate surface area is 127 Å². The quantitative estimate of drug-likeness (QED) is 0.843. The molecule has 0 saturated carbocycles. The molecule has 5 heteroatoms. The van der Waals surface area contributed by atoms with Crippen LogP contribution in [0.1, 0.15) is 30.9 Å². The maximum Gasteiger partial charge on any atom is 0.195 e. The summed E-state index contributed by atoms with van der Waals surface area (Å²) in [5.41, 5.74) is 3.50. The molecule has 2 aliphatic heterocycles. The maximum atomic E-state index is 12.0. The molecule has 0 bridgehead atoms. The Morgan fingerprint density at radius 1 is 1.33 bits per heavy atom. The number of benzene rings is 1. The fourth-order valence-electron chi connectivity index (χ4n) is 2.57. The molecule has 0 radical (unpaired) electrons. The van der Waals surface area contributed by atoms with Gasteiger partial charge in [0.15, 0.2) is 5.17 Å². The van der Waals surface area contributed by atoms with Gasteiger partial charge >= 0.3 is 0 Å². The van der Waals surface area contributed by atoms with Gasteiger partial charge in [-0.25, -0.2) is 4.99 Å². The Balaban J connectivity index is 2.02. The van der Waals surface area contributed by atoms with Gasteiger partial charge in [-0.15, -0.1) is 0 Å². The van der Waals surface area contributed by atoms with Crippen LogP contribution in [0.15, 0.2) is 34.8 Å². The minimum absolute atomic E-state index is 0.471. The first-order chi connectivity index (χ1) is 10.1. The number of aliphatic imine (C=N–C) groups is 1. The van der Waals surface area contributed by atoms with Crippen molar-refractivity contribution >= 4 is 21.7 Å². The number of nitrogens with zero attached hydrogens (tertiary/aromatic N) is 3. The highest BCUT2D eigenvalue weighted by Crippen LogP contribution is 2.29. The van der Waals surface area contributed by atoms with E-state index in [1.54, 1.807) is 0 Å². The van der Waals surface area contributed by atoms with Crippen LogP contribution in [0, 0.1) is 11.3 Å². The Morgan fingerprint density at radius 2 is 2.05 bits per heavy atom. The molecular formula is C16H17N3OS. The lowest BCUT2D eigenvalue weighted by atomic mass is 9.99. The summed E-state index contributed by atoms with van der Waals surface area (Å²) >= 11 is 0. The summed E-state index contributed by atoms with van der Waals surface area (Å²) in [5.74, 6) is 1.08. The van der Waals surface area contributed by atoms with E-state index in [0.29, 0.717) is 34.7 Å². The Morgan fingerprint density at radius 3 is 2.67 bits per heavy atom. The zero-order valence-electron chi connectivity index (χ0n) is 12.2. The first-order valence-corrected chi connectivity index (χ1v) is 8.37. The van der Waals surface area contributed by atoms with E-state index in [9.17, 15) is 9.47 Å². The highest BCUT2D eigenvalue weighted by Gasteiger charge is 2.31. The van der Waals surface area contributed by atoms with Gasteiger partial charge in [0, 0.05) is 17.9 Å². The van der Waals surface area contributed by atoms with Gasteiger partial charge in [0.25, 0.3) is 0 Å². The largest absolute Gasteiger partial charge is 0.343 e. The van der Waals surface area contributed by atoms with E-state index in [2.05, 4.69) is 37.0 Å². The van der Waals surface area contributed by atoms with Crippen LogP contribution in [0.4, 0.5) is 0 Å². The molecular weight excluding hydrogens is 282 g/mol. The van der Waals surface area contributed by atoms with Crippen LogP contribution in [-0.4, -0.2) is 33.1 Å². The molecule has 1 aromatic carbocycles. The standard InChI is InChI=1S/C16H17N3OS/c1-11(2)12-3-5-13(6-4-12)15-14(9-17)10-19-7-8-21(20)16(19)18-15/h3-6,11H,7-8,10H2,1-2H3. The Hall–Kier alpha value is -1.93. The topological polar surface area (TPSA) is 56.5 Å². The normalized spacial score (nSPS) is 21.3. The summed E-state index contributed by atoms with van der Waals surface area (Å²) in [5, 5.41) is 9.99. The summed E-state index contributed by atoms with van der Waals surface area (Å²) in [6, 6.07) is 10.4. The van der Waals surface area contributed by atoms with E-state index in [4.69, 9.17) is 0 Å². The first-order valence-electron chi connectivity index (χ1n) is 7.05. The lowest BCUT2D eigenvalue weighted by Crippen LogP contribution is -2.31. The van der Waals surface area contributed by atoms with Crippen molar-refractivity contribution in [1.29, 1.82) is 5.26 Å². The summed E-state index contributed by atoms with van der Waals surface area (Å²) in [6.07, 6.45) is 0. The van der Waals surface area contributed by atoms with Crippen LogP contribution in [0.5, 0.6) is 0 Å². The number of amidine groups is 1. The second kappa shape index (κ2) is 5.45. The predicted octanol–water partition coefficient (Wildman–Crippen LogP) is 2.48. The summed E-state index contributed by atoms with van der Waals surface area (Å²) in [6.45, 7) is 5.53. The van der Waals surface area contributed by atoms with Crippen LogP contribution in [0.25, 0.3) is 5.70 Å². The zero-order chi connectivity index (χ0) is 15.0. The minimum Gasteiger partial charge on any atom is -0.343 e. The fourth-order valence-corrected chi connectivity index (χ4v) is 3.78. The van der Waals surface area contributed by atoms with Crippen molar-refractivity contribution in [3.8, 4) is 6.07 Å². The molecule has 0 spiro atoms. The molecule has 21 heavy (non-hydrogen) atoms. The molecule has 4 nitrogen and oxygen atoms in total. The van der Waals surface area contributed by atoms with Gasteiger partial charge in [0.1, 0.15) is 0 Å². The molecule has 1 saturated heterocycles. The third-order valence-electron chi connectivity index (χ3n) is 3.85. The number of nitriles is 1. The van der Waals surface area contributed by atoms with E-state index < -0.39 is 10.8 Å². The van der Waals surface area contributed by atoms with Crippen LogP contribution in [0.2, 0.25) is 0 Å².